The molecule has 5 heteroatoms. The van der Waals surface area contributed by atoms with Crippen LogP contribution in [0.1, 0.15) is 44.2 Å². The molecule has 1 heterocycles. The highest BCUT2D eigenvalue weighted by Gasteiger charge is 2.34. The first kappa shape index (κ1) is 16.9. The molecule has 1 aliphatic rings. The lowest BCUT2D eigenvalue weighted by Gasteiger charge is -2.45. The van der Waals surface area contributed by atoms with E-state index in [1.54, 1.807) is 13.2 Å². The minimum Gasteiger partial charge on any atom is -0.496 e. The summed E-state index contributed by atoms with van der Waals surface area (Å²) < 4.78 is 5.41. The number of carboxylic acid groups (broad SMARTS) is 1. The van der Waals surface area contributed by atoms with Crippen LogP contribution in [0, 0.1) is 11.3 Å². The molecule has 1 aliphatic heterocycles. The maximum absolute atomic E-state index is 11.1. The quantitative estimate of drug-likeness (QED) is 0.683. The van der Waals surface area contributed by atoms with Gasteiger partial charge < -0.3 is 14.7 Å². The third kappa shape index (κ3) is 3.02. The van der Waals surface area contributed by atoms with Crippen LogP contribution in [0.25, 0.3) is 6.08 Å². The maximum Gasteiger partial charge on any atom is 0.346 e. The molecule has 23 heavy (non-hydrogen) atoms. The molecule has 1 aromatic carbocycles. The van der Waals surface area contributed by atoms with E-state index in [-0.39, 0.29) is 11.1 Å². The molecule has 0 fully saturated rings. The standard InChI is InChI=1S/C18H22N2O3/c1-11-9-18(2,3)20(4)15-8-16(23-5)12(7-14(11)15)6-13(10-19)17(21)22/h6-8,11H,9H2,1-5H3,(H,21,22)/b13-6+. The molecule has 2 rings (SSSR count). The number of carboxylic acids is 1. The second-order valence-electron chi connectivity index (χ2n) is 6.60. The van der Waals surface area contributed by atoms with Gasteiger partial charge >= 0.3 is 5.97 Å². The molecule has 0 aliphatic carbocycles. The molecule has 0 aromatic heterocycles. The molecule has 0 spiro atoms. The molecule has 1 unspecified atom stereocenters. The largest absolute Gasteiger partial charge is 0.496 e. The van der Waals surface area contributed by atoms with E-state index in [2.05, 4.69) is 32.7 Å². The van der Waals surface area contributed by atoms with Gasteiger partial charge in [-0.3, -0.25) is 0 Å². The zero-order valence-corrected chi connectivity index (χ0v) is 14.2. The van der Waals surface area contributed by atoms with Gasteiger partial charge in [0.15, 0.2) is 0 Å². The van der Waals surface area contributed by atoms with Crippen LogP contribution in [0.4, 0.5) is 5.69 Å². The topological polar surface area (TPSA) is 73.6 Å². The summed E-state index contributed by atoms with van der Waals surface area (Å²) in [6, 6.07) is 5.57. The minimum absolute atomic E-state index is 0.0354. The Hall–Kier alpha value is -2.48. The average Bonchev–Trinajstić information content (AvgIpc) is 2.49. The normalized spacial score (nSPS) is 19.7. The molecule has 0 saturated heterocycles. The first-order valence-electron chi connectivity index (χ1n) is 7.52. The van der Waals surface area contributed by atoms with Crippen molar-refractivity contribution in [3.63, 3.8) is 0 Å². The Kier molecular flexibility index (Phi) is 4.37. The van der Waals surface area contributed by atoms with E-state index in [1.807, 2.05) is 12.1 Å². The molecule has 5 nitrogen and oxygen atoms in total. The van der Waals surface area contributed by atoms with E-state index in [0.29, 0.717) is 17.2 Å². The SMILES string of the molecule is COc1cc2c(cc1/C=C(\C#N)C(=O)O)C(C)CC(C)(C)N2C. The van der Waals surface area contributed by atoms with Crippen molar-refractivity contribution >= 4 is 17.7 Å². The zero-order chi connectivity index (χ0) is 17.4. The lowest BCUT2D eigenvalue weighted by molar-refractivity contribution is -0.132. The summed E-state index contributed by atoms with van der Waals surface area (Å²) >= 11 is 0. The lowest BCUT2D eigenvalue weighted by atomic mass is 9.80. The predicted molar refractivity (Wildman–Crippen MR) is 89.7 cm³/mol. The van der Waals surface area contributed by atoms with Gasteiger partial charge in [0, 0.05) is 29.9 Å². The number of nitriles is 1. The van der Waals surface area contributed by atoms with Crippen molar-refractivity contribution in [2.24, 2.45) is 0 Å². The van der Waals surface area contributed by atoms with Crippen LogP contribution in [-0.2, 0) is 4.79 Å². The van der Waals surface area contributed by atoms with Crippen molar-refractivity contribution in [2.75, 3.05) is 19.1 Å². The number of fused-ring (bicyclic) bond motifs is 1. The monoisotopic (exact) mass is 314 g/mol. The van der Waals surface area contributed by atoms with E-state index >= 15 is 0 Å². The highest BCUT2D eigenvalue weighted by Crippen LogP contribution is 2.45. The van der Waals surface area contributed by atoms with Crippen LogP contribution in [0.3, 0.4) is 0 Å². The van der Waals surface area contributed by atoms with E-state index < -0.39 is 5.97 Å². The number of carbonyl (C=O) groups is 1. The molecule has 1 atom stereocenters. The first-order chi connectivity index (χ1) is 10.7. The van der Waals surface area contributed by atoms with Crippen LogP contribution >= 0.6 is 0 Å². The number of methoxy groups -OCH3 is 1. The van der Waals surface area contributed by atoms with Gasteiger partial charge in [0.1, 0.15) is 17.4 Å². The van der Waals surface area contributed by atoms with Crippen LogP contribution in [0.5, 0.6) is 5.75 Å². The predicted octanol–water partition coefficient (Wildman–Crippen LogP) is 3.41. The number of hydrogen-bond donors (Lipinski definition) is 1. The first-order valence-corrected chi connectivity index (χ1v) is 7.52. The maximum atomic E-state index is 11.1. The molecule has 0 amide bonds. The van der Waals surface area contributed by atoms with Crippen LogP contribution in [0.15, 0.2) is 17.7 Å². The van der Waals surface area contributed by atoms with Gasteiger partial charge in [0.05, 0.1) is 7.11 Å². The van der Waals surface area contributed by atoms with Gasteiger partial charge in [-0.15, -0.1) is 0 Å². The number of anilines is 1. The van der Waals surface area contributed by atoms with Crippen molar-refractivity contribution in [2.45, 2.75) is 38.6 Å². The second kappa shape index (κ2) is 5.96. The van der Waals surface area contributed by atoms with Gasteiger partial charge in [-0.05, 0) is 43.9 Å². The highest BCUT2D eigenvalue weighted by molar-refractivity contribution is 5.97. The van der Waals surface area contributed by atoms with Crippen molar-refractivity contribution in [1.29, 1.82) is 5.26 Å². The summed E-state index contributed by atoms with van der Waals surface area (Å²) in [5.41, 5.74) is 2.57. The van der Waals surface area contributed by atoms with E-state index in [9.17, 15) is 4.79 Å². The van der Waals surface area contributed by atoms with Crippen molar-refractivity contribution in [3.05, 3.63) is 28.8 Å². The third-order valence-corrected chi connectivity index (χ3v) is 4.64. The van der Waals surface area contributed by atoms with Crippen molar-refractivity contribution < 1.29 is 14.6 Å². The lowest BCUT2D eigenvalue weighted by Crippen LogP contribution is -2.45. The number of benzene rings is 1. The Balaban J connectivity index is 2.64. The van der Waals surface area contributed by atoms with Gasteiger partial charge in [0.2, 0.25) is 0 Å². The van der Waals surface area contributed by atoms with Crippen LogP contribution in [0.2, 0.25) is 0 Å². The highest BCUT2D eigenvalue weighted by atomic mass is 16.5. The van der Waals surface area contributed by atoms with Gasteiger partial charge in [0.25, 0.3) is 0 Å². The average molecular weight is 314 g/mol. The summed E-state index contributed by atoms with van der Waals surface area (Å²) in [5.74, 6) is -0.335. The molecule has 0 saturated carbocycles. The van der Waals surface area contributed by atoms with E-state index in [4.69, 9.17) is 15.1 Å². The minimum atomic E-state index is -1.24. The third-order valence-electron chi connectivity index (χ3n) is 4.64. The van der Waals surface area contributed by atoms with E-state index in [1.165, 1.54) is 6.08 Å². The molecule has 1 N–H and O–H groups in total. The fraction of sp³-hybridized carbons (Fsp3) is 0.444. The Morgan fingerprint density at radius 3 is 2.70 bits per heavy atom. The number of rotatable bonds is 3. The fourth-order valence-electron chi connectivity index (χ4n) is 3.20. The zero-order valence-electron chi connectivity index (χ0n) is 14.2. The smallest absolute Gasteiger partial charge is 0.346 e. The fourth-order valence-corrected chi connectivity index (χ4v) is 3.20. The summed E-state index contributed by atoms with van der Waals surface area (Å²) in [4.78, 5) is 13.3. The van der Waals surface area contributed by atoms with Gasteiger partial charge in [-0.1, -0.05) is 6.92 Å². The Labute approximate surface area is 136 Å². The summed E-state index contributed by atoms with van der Waals surface area (Å²) in [6.07, 6.45) is 2.37. The molecule has 1 aromatic rings. The summed E-state index contributed by atoms with van der Waals surface area (Å²) in [5, 5.41) is 18.0. The molecular formula is C18H22N2O3. The second-order valence-corrected chi connectivity index (χ2v) is 6.60. The van der Waals surface area contributed by atoms with Gasteiger partial charge in [-0.25, -0.2) is 4.79 Å². The molecule has 0 bridgehead atoms. The van der Waals surface area contributed by atoms with Gasteiger partial charge in [-0.2, -0.15) is 5.26 Å². The Morgan fingerprint density at radius 2 is 2.17 bits per heavy atom. The van der Waals surface area contributed by atoms with Crippen molar-refractivity contribution in [1.82, 2.24) is 0 Å². The molecular weight excluding hydrogens is 292 g/mol. The Morgan fingerprint density at radius 1 is 1.52 bits per heavy atom. The van der Waals surface area contributed by atoms with Crippen LogP contribution < -0.4 is 9.64 Å². The number of hydrogen-bond acceptors (Lipinski definition) is 4. The van der Waals surface area contributed by atoms with E-state index in [0.717, 1.165) is 17.7 Å². The van der Waals surface area contributed by atoms with Crippen molar-refractivity contribution in [3.8, 4) is 11.8 Å². The summed E-state index contributed by atoms with van der Waals surface area (Å²) in [6.45, 7) is 6.56. The molecule has 0 radical (unpaired) electrons. The molecule has 122 valence electrons. The number of ether oxygens (including phenoxy) is 1. The number of nitrogens with zero attached hydrogens (tertiary/aromatic N) is 2. The van der Waals surface area contributed by atoms with Crippen LogP contribution in [-0.4, -0.2) is 30.8 Å². The summed E-state index contributed by atoms with van der Waals surface area (Å²) in [7, 11) is 3.60. The number of aliphatic carboxylic acids is 1. The Bertz CT molecular complexity index is 714.